The molecule has 1 aliphatic carbocycles. The minimum atomic E-state index is -0.710. The Bertz CT molecular complexity index is 286. The van der Waals surface area contributed by atoms with Crippen molar-refractivity contribution in [1.82, 2.24) is 10.6 Å². The Balaban J connectivity index is 2.20. The minimum Gasteiger partial charge on any atom is -0.481 e. The zero-order chi connectivity index (χ0) is 13.5. The quantitative estimate of drug-likeness (QED) is 0.666. The van der Waals surface area contributed by atoms with Gasteiger partial charge in [0.1, 0.15) is 0 Å². The van der Waals surface area contributed by atoms with Crippen molar-refractivity contribution in [3.05, 3.63) is 0 Å². The molecule has 0 aromatic heterocycles. The summed E-state index contributed by atoms with van der Waals surface area (Å²) in [6.45, 7) is 4.46. The van der Waals surface area contributed by atoms with Crippen LogP contribution in [-0.4, -0.2) is 35.6 Å². The molecule has 1 rings (SSSR count). The van der Waals surface area contributed by atoms with Crippen LogP contribution in [0.15, 0.2) is 0 Å². The number of amides is 1. The van der Waals surface area contributed by atoms with Crippen molar-refractivity contribution in [1.29, 1.82) is 0 Å². The van der Waals surface area contributed by atoms with Crippen molar-refractivity contribution >= 4 is 11.9 Å². The molecule has 0 radical (unpaired) electrons. The molecule has 0 spiro atoms. The summed E-state index contributed by atoms with van der Waals surface area (Å²) in [5.74, 6) is -0.927. The first-order chi connectivity index (χ1) is 8.52. The van der Waals surface area contributed by atoms with Gasteiger partial charge in [0.05, 0.1) is 12.5 Å². The van der Waals surface area contributed by atoms with Gasteiger partial charge >= 0.3 is 5.97 Å². The van der Waals surface area contributed by atoms with Gasteiger partial charge in [-0.1, -0.05) is 6.92 Å². The van der Waals surface area contributed by atoms with Crippen molar-refractivity contribution in [2.45, 2.75) is 58.0 Å². The van der Waals surface area contributed by atoms with Gasteiger partial charge in [0.2, 0.25) is 5.91 Å². The topological polar surface area (TPSA) is 78.4 Å². The molecule has 1 unspecified atom stereocenters. The Labute approximate surface area is 108 Å². The summed E-state index contributed by atoms with van der Waals surface area (Å²) >= 11 is 0. The number of carbonyl (C=O) groups excluding carboxylic acids is 1. The molecule has 1 saturated carbocycles. The van der Waals surface area contributed by atoms with E-state index in [0.29, 0.717) is 25.4 Å². The fourth-order valence-corrected chi connectivity index (χ4v) is 2.17. The highest BCUT2D eigenvalue weighted by Crippen LogP contribution is 2.24. The van der Waals surface area contributed by atoms with Crippen LogP contribution in [0.1, 0.15) is 46.0 Å². The van der Waals surface area contributed by atoms with E-state index in [2.05, 4.69) is 17.6 Å². The SMILES string of the molecule is CCC(C)NCC(=O)NC1CCC(C(=O)O)CC1. The summed E-state index contributed by atoms with van der Waals surface area (Å²) < 4.78 is 0. The van der Waals surface area contributed by atoms with Crippen molar-refractivity contribution in [2.24, 2.45) is 5.92 Å². The van der Waals surface area contributed by atoms with Gasteiger partial charge < -0.3 is 15.7 Å². The van der Waals surface area contributed by atoms with Gasteiger partial charge in [0, 0.05) is 12.1 Å². The first-order valence-electron chi connectivity index (χ1n) is 6.78. The molecule has 0 heterocycles. The third-order valence-corrected chi connectivity index (χ3v) is 3.66. The summed E-state index contributed by atoms with van der Waals surface area (Å²) in [6.07, 6.45) is 3.87. The van der Waals surface area contributed by atoms with E-state index in [4.69, 9.17) is 5.11 Å². The predicted octanol–water partition coefficient (Wildman–Crippen LogP) is 1.13. The molecule has 0 aromatic carbocycles. The van der Waals surface area contributed by atoms with Crippen LogP contribution in [0.3, 0.4) is 0 Å². The van der Waals surface area contributed by atoms with Crippen LogP contribution in [0.5, 0.6) is 0 Å². The van der Waals surface area contributed by atoms with E-state index < -0.39 is 5.97 Å². The van der Waals surface area contributed by atoms with Crippen LogP contribution in [0.2, 0.25) is 0 Å². The second-order valence-electron chi connectivity index (χ2n) is 5.14. The molecule has 5 heteroatoms. The number of carboxylic acid groups (broad SMARTS) is 1. The van der Waals surface area contributed by atoms with Crippen molar-refractivity contribution in [2.75, 3.05) is 6.54 Å². The van der Waals surface area contributed by atoms with E-state index >= 15 is 0 Å². The van der Waals surface area contributed by atoms with E-state index in [1.807, 2.05) is 6.92 Å². The molecule has 0 aromatic rings. The number of aliphatic carboxylic acids is 1. The van der Waals surface area contributed by atoms with E-state index in [0.717, 1.165) is 19.3 Å². The zero-order valence-electron chi connectivity index (χ0n) is 11.2. The van der Waals surface area contributed by atoms with Gasteiger partial charge in [-0.3, -0.25) is 9.59 Å². The van der Waals surface area contributed by atoms with Crippen LogP contribution in [0.25, 0.3) is 0 Å². The van der Waals surface area contributed by atoms with E-state index in [1.54, 1.807) is 0 Å². The van der Waals surface area contributed by atoms with Crippen LogP contribution in [-0.2, 0) is 9.59 Å². The molecule has 0 bridgehead atoms. The normalized spacial score (nSPS) is 25.4. The Kier molecular flexibility index (Phi) is 6.12. The number of nitrogens with one attached hydrogen (secondary N) is 2. The average Bonchev–Trinajstić information content (AvgIpc) is 2.36. The van der Waals surface area contributed by atoms with Crippen LogP contribution >= 0.6 is 0 Å². The minimum absolute atomic E-state index is 0.00840. The number of carboxylic acids is 1. The molecule has 3 N–H and O–H groups in total. The third kappa shape index (κ3) is 5.04. The number of hydrogen-bond acceptors (Lipinski definition) is 3. The molecule has 5 nitrogen and oxygen atoms in total. The molecule has 1 amide bonds. The predicted molar refractivity (Wildman–Crippen MR) is 69.3 cm³/mol. The van der Waals surface area contributed by atoms with Crippen molar-refractivity contribution in [3.8, 4) is 0 Å². The largest absolute Gasteiger partial charge is 0.481 e. The number of hydrogen-bond donors (Lipinski definition) is 3. The first kappa shape index (κ1) is 15.0. The van der Waals surface area contributed by atoms with Gasteiger partial charge in [-0.15, -0.1) is 0 Å². The highest BCUT2D eigenvalue weighted by molar-refractivity contribution is 5.78. The zero-order valence-corrected chi connectivity index (χ0v) is 11.2. The molecule has 1 aliphatic rings. The molecule has 1 atom stereocenters. The van der Waals surface area contributed by atoms with Gasteiger partial charge in [-0.25, -0.2) is 0 Å². The number of carbonyl (C=O) groups is 2. The van der Waals surface area contributed by atoms with Crippen molar-refractivity contribution in [3.63, 3.8) is 0 Å². The van der Waals surface area contributed by atoms with Gasteiger partial charge in [0.25, 0.3) is 0 Å². The van der Waals surface area contributed by atoms with Gasteiger partial charge in [0.15, 0.2) is 0 Å². The molecule has 18 heavy (non-hydrogen) atoms. The van der Waals surface area contributed by atoms with Gasteiger partial charge in [-0.2, -0.15) is 0 Å². The lowest BCUT2D eigenvalue weighted by atomic mass is 9.86. The van der Waals surface area contributed by atoms with Crippen LogP contribution in [0, 0.1) is 5.92 Å². The smallest absolute Gasteiger partial charge is 0.306 e. The molecule has 1 fully saturated rings. The van der Waals surface area contributed by atoms with Crippen LogP contribution < -0.4 is 10.6 Å². The summed E-state index contributed by atoms with van der Waals surface area (Å²) in [5, 5.41) is 15.0. The summed E-state index contributed by atoms with van der Waals surface area (Å²) in [7, 11) is 0. The Morgan fingerprint density at radius 2 is 1.89 bits per heavy atom. The van der Waals surface area contributed by atoms with Crippen LogP contribution in [0.4, 0.5) is 0 Å². The van der Waals surface area contributed by atoms with Gasteiger partial charge in [-0.05, 0) is 39.0 Å². The maximum atomic E-state index is 11.7. The van der Waals surface area contributed by atoms with Crippen molar-refractivity contribution < 1.29 is 14.7 Å². The summed E-state index contributed by atoms with van der Waals surface area (Å²) in [5.41, 5.74) is 0. The highest BCUT2D eigenvalue weighted by Gasteiger charge is 2.26. The fourth-order valence-electron chi connectivity index (χ4n) is 2.17. The molecule has 0 aliphatic heterocycles. The average molecular weight is 256 g/mol. The molecule has 104 valence electrons. The highest BCUT2D eigenvalue weighted by atomic mass is 16.4. The fraction of sp³-hybridized carbons (Fsp3) is 0.846. The summed E-state index contributed by atoms with van der Waals surface area (Å²) in [4.78, 5) is 22.5. The number of rotatable bonds is 6. The maximum absolute atomic E-state index is 11.7. The monoisotopic (exact) mass is 256 g/mol. The second-order valence-corrected chi connectivity index (χ2v) is 5.14. The Morgan fingerprint density at radius 1 is 1.28 bits per heavy atom. The van der Waals surface area contributed by atoms with E-state index in [-0.39, 0.29) is 17.9 Å². The molecule has 0 saturated heterocycles. The Morgan fingerprint density at radius 3 is 2.39 bits per heavy atom. The summed E-state index contributed by atoms with van der Waals surface area (Å²) in [6, 6.07) is 0.491. The van der Waals surface area contributed by atoms with E-state index in [1.165, 1.54) is 0 Å². The lowest BCUT2D eigenvalue weighted by Gasteiger charge is -2.27. The first-order valence-corrected chi connectivity index (χ1v) is 6.78. The standard InChI is InChI=1S/C13H24N2O3/c1-3-9(2)14-8-12(16)15-11-6-4-10(5-7-11)13(17)18/h9-11,14H,3-8H2,1-2H3,(H,15,16)(H,17,18). The lowest BCUT2D eigenvalue weighted by molar-refractivity contribution is -0.142. The maximum Gasteiger partial charge on any atom is 0.306 e. The van der Waals surface area contributed by atoms with E-state index in [9.17, 15) is 9.59 Å². The molecular weight excluding hydrogens is 232 g/mol. The second kappa shape index (κ2) is 7.36. The molecular formula is C13H24N2O3. The lowest BCUT2D eigenvalue weighted by Crippen LogP contribution is -2.44. The third-order valence-electron chi connectivity index (χ3n) is 3.66. The Hall–Kier alpha value is -1.10.